The molecule has 0 amide bonds. The van der Waals surface area contributed by atoms with Gasteiger partial charge in [0.15, 0.2) is 0 Å². The van der Waals surface area contributed by atoms with Crippen LogP contribution >= 0.6 is 0 Å². The summed E-state index contributed by atoms with van der Waals surface area (Å²) >= 11 is 0. The fourth-order valence-corrected chi connectivity index (χ4v) is 5.36. The number of rotatable bonds is 6. The van der Waals surface area contributed by atoms with Crippen LogP contribution in [0.3, 0.4) is 0 Å². The number of carbonyl (C=O) groups is 2. The third kappa shape index (κ3) is 4.93. The Kier molecular flexibility index (Phi) is 7.19. The number of fused-ring (bicyclic) bond motifs is 1. The molecule has 0 saturated carbocycles. The third-order valence-corrected chi connectivity index (χ3v) is 7.62. The Morgan fingerprint density at radius 3 is 2.72 bits per heavy atom. The number of hydrogen-bond donors (Lipinski definition) is 1. The Bertz CT molecular complexity index is 838. The molecule has 1 N–H and O–H groups in total. The highest BCUT2D eigenvalue weighted by atomic mass is 16.6. The smallest absolute Gasteiger partial charge is 0.313 e. The summed E-state index contributed by atoms with van der Waals surface area (Å²) in [5, 5.41) is 20.3. The monoisotopic (exact) mass is 443 g/mol. The summed E-state index contributed by atoms with van der Waals surface area (Å²) in [6.45, 7) is 9.83. The van der Waals surface area contributed by atoms with Crippen molar-refractivity contribution in [2.75, 3.05) is 0 Å². The molecule has 3 rings (SSSR count). The van der Waals surface area contributed by atoms with Crippen molar-refractivity contribution in [3.63, 3.8) is 0 Å². The van der Waals surface area contributed by atoms with Gasteiger partial charge < -0.3 is 14.6 Å². The second-order valence-electron chi connectivity index (χ2n) is 10.6. The maximum absolute atomic E-state index is 13.1. The minimum Gasteiger partial charge on any atom is -0.462 e. The topological polar surface area (TPSA) is 96.6 Å². The molecule has 1 saturated heterocycles. The van der Waals surface area contributed by atoms with Gasteiger partial charge in [0.2, 0.25) is 5.60 Å². The molecule has 6 heteroatoms. The largest absolute Gasteiger partial charge is 0.462 e. The van der Waals surface area contributed by atoms with Crippen molar-refractivity contribution in [3.05, 3.63) is 23.8 Å². The fraction of sp³-hybridized carbons (Fsp3) is 0.731. The summed E-state index contributed by atoms with van der Waals surface area (Å²) in [5.74, 6) is -0.565. The molecular weight excluding hydrogens is 406 g/mol. The molecule has 32 heavy (non-hydrogen) atoms. The average Bonchev–Trinajstić information content (AvgIpc) is 2.72. The van der Waals surface area contributed by atoms with Crippen LogP contribution in [0.5, 0.6) is 0 Å². The van der Waals surface area contributed by atoms with Gasteiger partial charge >= 0.3 is 11.9 Å². The van der Waals surface area contributed by atoms with Crippen LogP contribution in [-0.2, 0) is 19.1 Å². The van der Waals surface area contributed by atoms with Crippen molar-refractivity contribution in [2.24, 2.45) is 29.1 Å². The van der Waals surface area contributed by atoms with E-state index in [0.717, 1.165) is 5.57 Å². The number of esters is 2. The Labute approximate surface area is 191 Å². The fourth-order valence-electron chi connectivity index (χ4n) is 5.36. The maximum Gasteiger partial charge on any atom is 0.313 e. The number of aliphatic hydroxyl groups is 1. The van der Waals surface area contributed by atoms with Crippen LogP contribution in [0.15, 0.2) is 23.8 Å². The van der Waals surface area contributed by atoms with Gasteiger partial charge in [-0.3, -0.25) is 9.59 Å². The van der Waals surface area contributed by atoms with Gasteiger partial charge in [-0.15, -0.1) is 0 Å². The van der Waals surface area contributed by atoms with Gasteiger partial charge in [-0.25, -0.2) is 0 Å². The van der Waals surface area contributed by atoms with Crippen LogP contribution in [0.4, 0.5) is 0 Å². The van der Waals surface area contributed by atoms with Crippen molar-refractivity contribution in [1.29, 1.82) is 5.26 Å². The summed E-state index contributed by atoms with van der Waals surface area (Å²) in [4.78, 5) is 24.8. The van der Waals surface area contributed by atoms with Gasteiger partial charge in [0.1, 0.15) is 12.2 Å². The average molecular weight is 444 g/mol. The number of cyclic esters (lactones) is 1. The molecule has 0 bridgehead atoms. The first-order valence-electron chi connectivity index (χ1n) is 11.9. The van der Waals surface area contributed by atoms with E-state index in [2.05, 4.69) is 38.1 Å². The molecule has 176 valence electrons. The quantitative estimate of drug-likeness (QED) is 0.608. The van der Waals surface area contributed by atoms with E-state index in [1.54, 1.807) is 0 Å². The van der Waals surface area contributed by atoms with E-state index >= 15 is 0 Å². The molecule has 2 aliphatic carbocycles. The zero-order valence-corrected chi connectivity index (χ0v) is 20.0. The number of ether oxygens (including phenoxy) is 2. The van der Waals surface area contributed by atoms with Crippen molar-refractivity contribution >= 4 is 11.9 Å². The molecule has 7 atom stereocenters. The van der Waals surface area contributed by atoms with Crippen LogP contribution in [-0.4, -0.2) is 34.9 Å². The van der Waals surface area contributed by atoms with Gasteiger partial charge in [0.05, 0.1) is 17.9 Å². The first-order valence-corrected chi connectivity index (χ1v) is 11.9. The van der Waals surface area contributed by atoms with Gasteiger partial charge in [-0.05, 0) is 56.4 Å². The zero-order chi connectivity index (χ0) is 23.7. The van der Waals surface area contributed by atoms with E-state index in [4.69, 9.17) is 9.47 Å². The minimum atomic E-state index is -1.22. The standard InChI is InChI=1S/C26H37NO5/c1-6-25(4,5)24(30)32-26(15-27)14-16(2)11-18-8-7-17(3)21(23(18)26)10-9-20-12-19(28)13-22(29)31-20/h7-8,11,16-17,19-21,23,28H,6,9-10,12-14H2,1-5H3/t16-,17?,19+,20?,21-,23-,26+/m0/s1. The van der Waals surface area contributed by atoms with Crippen molar-refractivity contribution in [2.45, 2.75) is 91.0 Å². The molecule has 0 radical (unpaired) electrons. The molecule has 6 nitrogen and oxygen atoms in total. The molecule has 2 unspecified atom stereocenters. The number of hydrogen-bond acceptors (Lipinski definition) is 6. The van der Waals surface area contributed by atoms with E-state index in [1.807, 2.05) is 20.8 Å². The molecule has 1 heterocycles. The summed E-state index contributed by atoms with van der Waals surface area (Å²) in [6.07, 6.45) is 8.36. The first-order chi connectivity index (χ1) is 15.0. The number of nitriles is 1. The molecule has 0 spiro atoms. The number of carbonyl (C=O) groups excluding carboxylic acids is 2. The van der Waals surface area contributed by atoms with Crippen molar-refractivity contribution < 1.29 is 24.2 Å². The molecule has 1 aliphatic heterocycles. The van der Waals surface area contributed by atoms with Gasteiger partial charge in [-0.2, -0.15) is 5.26 Å². The second-order valence-corrected chi connectivity index (χ2v) is 10.6. The van der Waals surface area contributed by atoms with Gasteiger partial charge in [0.25, 0.3) is 0 Å². The third-order valence-electron chi connectivity index (χ3n) is 7.62. The number of aliphatic hydroxyl groups excluding tert-OH is 1. The molecule has 3 aliphatic rings. The second kappa shape index (κ2) is 9.39. The van der Waals surface area contributed by atoms with E-state index < -0.39 is 17.1 Å². The summed E-state index contributed by atoms with van der Waals surface area (Å²) in [5.41, 5.74) is -0.831. The lowest BCUT2D eigenvalue weighted by Gasteiger charge is -2.48. The van der Waals surface area contributed by atoms with Crippen LogP contribution in [0.25, 0.3) is 0 Å². The summed E-state index contributed by atoms with van der Waals surface area (Å²) in [7, 11) is 0. The highest BCUT2D eigenvalue weighted by Crippen LogP contribution is 2.50. The van der Waals surface area contributed by atoms with Gasteiger partial charge in [-0.1, -0.05) is 39.0 Å². The zero-order valence-electron chi connectivity index (χ0n) is 20.0. The lowest BCUT2D eigenvalue weighted by atomic mass is 9.60. The SMILES string of the molecule is CCC(C)(C)C(=O)O[C@@]1(C#N)C[C@@H](C)C=C2C=CC(C)[C@H](CCC3C[C@@H](O)CC(=O)O3)[C@H]21. The normalized spacial score (nSPS) is 37.0. The summed E-state index contributed by atoms with van der Waals surface area (Å²) < 4.78 is 11.6. The molecular formula is C26H37NO5. The Morgan fingerprint density at radius 2 is 2.09 bits per heavy atom. The predicted octanol–water partition coefficient (Wildman–Crippen LogP) is 4.48. The Morgan fingerprint density at radius 1 is 1.38 bits per heavy atom. The number of allylic oxidation sites excluding steroid dienone is 3. The van der Waals surface area contributed by atoms with E-state index in [1.165, 1.54) is 0 Å². The van der Waals surface area contributed by atoms with Crippen LogP contribution < -0.4 is 0 Å². The molecule has 0 aromatic carbocycles. The van der Waals surface area contributed by atoms with E-state index in [9.17, 15) is 20.0 Å². The Hall–Kier alpha value is -2.13. The van der Waals surface area contributed by atoms with Crippen LogP contribution in [0, 0.1) is 40.4 Å². The lowest BCUT2D eigenvalue weighted by Crippen LogP contribution is -2.52. The van der Waals surface area contributed by atoms with Crippen LogP contribution in [0.2, 0.25) is 0 Å². The molecule has 1 fully saturated rings. The first kappa shape index (κ1) is 24.5. The minimum absolute atomic E-state index is 0.0488. The van der Waals surface area contributed by atoms with Crippen molar-refractivity contribution in [3.8, 4) is 6.07 Å². The predicted molar refractivity (Wildman–Crippen MR) is 120 cm³/mol. The highest BCUT2D eigenvalue weighted by Gasteiger charge is 2.53. The van der Waals surface area contributed by atoms with Crippen LogP contribution in [0.1, 0.15) is 73.1 Å². The number of nitrogens with zero attached hydrogens (tertiary/aromatic N) is 1. The highest BCUT2D eigenvalue weighted by molar-refractivity contribution is 5.76. The molecule has 0 aromatic heterocycles. The van der Waals surface area contributed by atoms with E-state index in [0.29, 0.717) is 32.1 Å². The maximum atomic E-state index is 13.1. The van der Waals surface area contributed by atoms with Gasteiger partial charge in [0, 0.05) is 18.8 Å². The van der Waals surface area contributed by atoms with Crippen molar-refractivity contribution in [1.82, 2.24) is 0 Å². The summed E-state index contributed by atoms with van der Waals surface area (Å²) in [6, 6.07) is 2.43. The Balaban J connectivity index is 1.89. The van der Waals surface area contributed by atoms with E-state index in [-0.39, 0.29) is 48.1 Å². The lowest BCUT2D eigenvalue weighted by molar-refractivity contribution is -0.174. The molecule has 0 aromatic rings.